The Labute approximate surface area is 188 Å². The van der Waals surface area contributed by atoms with E-state index in [-0.39, 0.29) is 23.0 Å². The monoisotopic (exact) mass is 477 g/mol. The molecule has 0 aromatic heterocycles. The van der Waals surface area contributed by atoms with Crippen LogP contribution in [0.1, 0.15) is 49.3 Å². The molecule has 6 heteroatoms. The number of amidine groups is 1. The van der Waals surface area contributed by atoms with E-state index in [0.717, 1.165) is 68.2 Å². The maximum absolute atomic E-state index is 10.9. The van der Waals surface area contributed by atoms with E-state index in [1.54, 1.807) is 0 Å². The molecular formula is C23H29BrClN3O. The molecule has 3 N–H and O–H groups in total. The van der Waals surface area contributed by atoms with Crippen LogP contribution in [0, 0.1) is 0 Å². The zero-order valence-corrected chi connectivity index (χ0v) is 19.0. The molecule has 156 valence electrons. The van der Waals surface area contributed by atoms with E-state index < -0.39 is 5.60 Å². The first-order chi connectivity index (χ1) is 13.6. The van der Waals surface area contributed by atoms with Gasteiger partial charge in [-0.25, -0.2) is 4.99 Å². The molecule has 0 aliphatic carbocycles. The molecule has 2 heterocycles. The van der Waals surface area contributed by atoms with E-state index >= 15 is 0 Å². The number of fused-ring (bicyclic) bond motifs is 1. The summed E-state index contributed by atoms with van der Waals surface area (Å²) in [5.41, 5.74) is 2.98. The van der Waals surface area contributed by atoms with Crippen LogP contribution in [0.5, 0.6) is 0 Å². The SMILES string of the molecule is Br.OC1(CCC(NC2=Nc3ccccc3CC2)c2ccc(Cl)cc2)CCNCC1. The highest BCUT2D eigenvalue weighted by Crippen LogP contribution is 2.31. The summed E-state index contributed by atoms with van der Waals surface area (Å²) in [6, 6.07) is 16.5. The van der Waals surface area contributed by atoms with Gasteiger partial charge in [0.2, 0.25) is 0 Å². The van der Waals surface area contributed by atoms with Crippen LogP contribution in [0.2, 0.25) is 5.02 Å². The van der Waals surface area contributed by atoms with Gasteiger partial charge in [0, 0.05) is 11.4 Å². The average Bonchev–Trinajstić information content (AvgIpc) is 2.72. The third-order valence-electron chi connectivity index (χ3n) is 5.92. The second-order valence-electron chi connectivity index (χ2n) is 7.95. The average molecular weight is 479 g/mol. The third-order valence-corrected chi connectivity index (χ3v) is 6.18. The van der Waals surface area contributed by atoms with Gasteiger partial charge in [-0.2, -0.15) is 0 Å². The molecule has 29 heavy (non-hydrogen) atoms. The van der Waals surface area contributed by atoms with Crippen molar-refractivity contribution in [3.8, 4) is 0 Å². The van der Waals surface area contributed by atoms with Gasteiger partial charge in [0.25, 0.3) is 0 Å². The Morgan fingerprint density at radius 3 is 2.55 bits per heavy atom. The number of hydrogen-bond acceptors (Lipinski definition) is 4. The van der Waals surface area contributed by atoms with E-state index in [1.165, 1.54) is 11.1 Å². The van der Waals surface area contributed by atoms with E-state index in [2.05, 4.69) is 41.0 Å². The fourth-order valence-corrected chi connectivity index (χ4v) is 4.29. The molecule has 1 fully saturated rings. The quantitative estimate of drug-likeness (QED) is 0.559. The second kappa shape index (κ2) is 10.1. The Balaban J connectivity index is 0.00000240. The number of aliphatic imine (C=N–C) groups is 1. The predicted octanol–water partition coefficient (Wildman–Crippen LogP) is 5.12. The van der Waals surface area contributed by atoms with Gasteiger partial charge in [0.15, 0.2) is 0 Å². The lowest BCUT2D eigenvalue weighted by molar-refractivity contribution is -0.00110. The normalized spacial score (nSPS) is 18.8. The van der Waals surface area contributed by atoms with Crippen LogP contribution in [-0.2, 0) is 6.42 Å². The van der Waals surface area contributed by atoms with Crippen molar-refractivity contribution in [1.29, 1.82) is 0 Å². The molecule has 1 unspecified atom stereocenters. The van der Waals surface area contributed by atoms with Gasteiger partial charge in [-0.15, -0.1) is 17.0 Å². The molecule has 0 bridgehead atoms. The van der Waals surface area contributed by atoms with Crippen LogP contribution >= 0.6 is 28.6 Å². The van der Waals surface area contributed by atoms with Crippen molar-refractivity contribution in [2.75, 3.05) is 13.1 Å². The largest absolute Gasteiger partial charge is 0.390 e. The Hall–Kier alpha value is -1.40. The third kappa shape index (κ3) is 5.82. The molecule has 2 aliphatic heterocycles. The van der Waals surface area contributed by atoms with Crippen LogP contribution in [0.25, 0.3) is 0 Å². The summed E-state index contributed by atoms with van der Waals surface area (Å²) < 4.78 is 0. The number of aryl methyl sites for hydroxylation is 1. The molecule has 4 nitrogen and oxygen atoms in total. The fraction of sp³-hybridized carbons (Fsp3) is 0.435. The van der Waals surface area contributed by atoms with E-state index in [1.807, 2.05) is 18.2 Å². The van der Waals surface area contributed by atoms with E-state index in [4.69, 9.17) is 16.6 Å². The number of para-hydroxylation sites is 1. The highest BCUT2D eigenvalue weighted by molar-refractivity contribution is 8.93. The maximum Gasteiger partial charge on any atom is 0.103 e. The zero-order chi connectivity index (χ0) is 19.4. The molecule has 2 aliphatic rings. The first kappa shape index (κ1) is 22.3. The van der Waals surface area contributed by atoms with Crippen molar-refractivity contribution in [1.82, 2.24) is 10.6 Å². The maximum atomic E-state index is 10.9. The molecule has 2 aromatic rings. The number of aliphatic hydroxyl groups is 1. The number of benzene rings is 2. The standard InChI is InChI=1S/C23H28ClN3O.BrH/c24-19-8-5-18(6-9-19)21(11-12-23(28)13-15-25-16-14-23)27-22-10-7-17-3-1-2-4-20(17)26-22;/h1-6,8-9,21,25,28H,7,10-16H2,(H,26,27);1H. The second-order valence-corrected chi connectivity index (χ2v) is 8.39. The minimum atomic E-state index is -0.571. The van der Waals surface area contributed by atoms with Crippen LogP contribution in [0.3, 0.4) is 0 Å². The lowest BCUT2D eigenvalue weighted by Crippen LogP contribution is -2.42. The van der Waals surface area contributed by atoms with Crippen molar-refractivity contribution in [2.45, 2.75) is 50.2 Å². The van der Waals surface area contributed by atoms with Crippen molar-refractivity contribution in [3.63, 3.8) is 0 Å². The topological polar surface area (TPSA) is 56.6 Å². The Morgan fingerprint density at radius 2 is 1.79 bits per heavy atom. The molecule has 1 atom stereocenters. The molecule has 0 spiro atoms. The number of nitrogens with one attached hydrogen (secondary N) is 2. The van der Waals surface area contributed by atoms with E-state index in [0.29, 0.717) is 0 Å². The first-order valence-electron chi connectivity index (χ1n) is 10.2. The molecular weight excluding hydrogens is 450 g/mol. The summed E-state index contributed by atoms with van der Waals surface area (Å²) in [5, 5.41) is 18.7. The Kier molecular flexibility index (Phi) is 7.74. The highest BCUT2D eigenvalue weighted by Gasteiger charge is 2.30. The van der Waals surface area contributed by atoms with Gasteiger partial charge in [-0.1, -0.05) is 41.9 Å². The van der Waals surface area contributed by atoms with Crippen LogP contribution in [-0.4, -0.2) is 29.6 Å². The number of nitrogens with zero attached hydrogens (tertiary/aromatic N) is 1. The first-order valence-corrected chi connectivity index (χ1v) is 10.6. The zero-order valence-electron chi connectivity index (χ0n) is 16.5. The van der Waals surface area contributed by atoms with Crippen LogP contribution in [0.4, 0.5) is 5.69 Å². The van der Waals surface area contributed by atoms with Crippen molar-refractivity contribution in [2.24, 2.45) is 4.99 Å². The smallest absolute Gasteiger partial charge is 0.103 e. The number of hydrogen-bond donors (Lipinski definition) is 3. The molecule has 0 radical (unpaired) electrons. The summed E-state index contributed by atoms with van der Waals surface area (Å²) >= 11 is 6.09. The van der Waals surface area contributed by atoms with Gasteiger partial charge >= 0.3 is 0 Å². The molecule has 0 amide bonds. The summed E-state index contributed by atoms with van der Waals surface area (Å²) in [4.78, 5) is 4.85. The molecule has 4 rings (SSSR count). The van der Waals surface area contributed by atoms with Crippen molar-refractivity contribution < 1.29 is 5.11 Å². The minimum Gasteiger partial charge on any atom is -0.390 e. The van der Waals surface area contributed by atoms with Gasteiger partial charge in [0.05, 0.1) is 17.3 Å². The summed E-state index contributed by atoms with van der Waals surface area (Å²) in [7, 11) is 0. The van der Waals surface area contributed by atoms with Gasteiger partial charge in [0.1, 0.15) is 5.84 Å². The predicted molar refractivity (Wildman–Crippen MR) is 126 cm³/mol. The number of rotatable bonds is 5. The number of piperidine rings is 1. The summed E-state index contributed by atoms with van der Waals surface area (Å²) in [5.74, 6) is 1.02. The molecule has 1 saturated heterocycles. The van der Waals surface area contributed by atoms with Gasteiger partial charge in [-0.05, 0) is 74.5 Å². The van der Waals surface area contributed by atoms with Gasteiger partial charge in [-0.3, -0.25) is 0 Å². The minimum absolute atomic E-state index is 0. The van der Waals surface area contributed by atoms with Crippen molar-refractivity contribution >= 4 is 40.1 Å². The fourth-order valence-electron chi connectivity index (χ4n) is 4.16. The molecule has 2 aromatic carbocycles. The van der Waals surface area contributed by atoms with Gasteiger partial charge < -0.3 is 15.7 Å². The van der Waals surface area contributed by atoms with Crippen LogP contribution < -0.4 is 10.6 Å². The number of halogens is 2. The summed E-state index contributed by atoms with van der Waals surface area (Å²) in [6.07, 6.45) is 5.18. The molecule has 0 saturated carbocycles. The Bertz CT molecular complexity index is 834. The summed E-state index contributed by atoms with van der Waals surface area (Å²) in [6.45, 7) is 1.78. The van der Waals surface area contributed by atoms with Crippen molar-refractivity contribution in [3.05, 3.63) is 64.7 Å². The van der Waals surface area contributed by atoms with Crippen LogP contribution in [0.15, 0.2) is 53.5 Å². The Morgan fingerprint density at radius 1 is 1.07 bits per heavy atom. The highest BCUT2D eigenvalue weighted by atomic mass is 79.9. The van der Waals surface area contributed by atoms with E-state index in [9.17, 15) is 5.11 Å². The lowest BCUT2D eigenvalue weighted by Gasteiger charge is -2.34. The lowest BCUT2D eigenvalue weighted by atomic mass is 9.85.